The van der Waals surface area contributed by atoms with Crippen LogP contribution >= 0.6 is 0 Å². The second-order valence-corrected chi connectivity index (χ2v) is 8.84. The Morgan fingerprint density at radius 3 is 1.24 bits per heavy atom. The quantitative estimate of drug-likeness (QED) is 0.376. The summed E-state index contributed by atoms with van der Waals surface area (Å²) in [7, 11) is 0. The molecule has 0 radical (unpaired) electrons. The van der Waals surface area contributed by atoms with E-state index in [1.54, 1.807) is 0 Å². The van der Waals surface area contributed by atoms with Gasteiger partial charge in [0.05, 0.1) is 12.0 Å². The number of amides is 1. The lowest BCUT2D eigenvalue weighted by Gasteiger charge is -2.40. The summed E-state index contributed by atoms with van der Waals surface area (Å²) >= 11 is 0. The van der Waals surface area contributed by atoms with Gasteiger partial charge in [0.25, 0.3) is 0 Å². The van der Waals surface area contributed by atoms with Gasteiger partial charge in [-0.15, -0.1) is 0 Å². The van der Waals surface area contributed by atoms with Crippen LogP contribution in [0.5, 0.6) is 0 Å². The van der Waals surface area contributed by atoms with Crippen molar-refractivity contribution in [3.63, 3.8) is 0 Å². The molecule has 34 heavy (non-hydrogen) atoms. The third-order valence-corrected chi connectivity index (χ3v) is 6.73. The zero-order chi connectivity index (χ0) is 23.2. The SMILES string of the molecule is O=C(C(c1ccccc1)c1ccccc1)N1CCN(C(c2ccccc2)c2ccccc2)CC1. The van der Waals surface area contributed by atoms with Crippen molar-refractivity contribution >= 4 is 5.91 Å². The Hall–Kier alpha value is -3.69. The fourth-order valence-electron chi connectivity index (χ4n) is 5.04. The average molecular weight is 447 g/mol. The van der Waals surface area contributed by atoms with Crippen LogP contribution in [-0.4, -0.2) is 41.9 Å². The van der Waals surface area contributed by atoms with Crippen LogP contribution < -0.4 is 0 Å². The fourth-order valence-corrected chi connectivity index (χ4v) is 5.04. The van der Waals surface area contributed by atoms with Crippen LogP contribution in [0.15, 0.2) is 121 Å². The molecule has 0 N–H and O–H groups in total. The van der Waals surface area contributed by atoms with Crippen LogP contribution in [0.3, 0.4) is 0 Å². The molecule has 3 heteroatoms. The molecule has 0 spiro atoms. The van der Waals surface area contributed by atoms with Gasteiger partial charge in [0, 0.05) is 26.2 Å². The van der Waals surface area contributed by atoms with Crippen molar-refractivity contribution in [3.05, 3.63) is 144 Å². The molecule has 1 saturated heterocycles. The van der Waals surface area contributed by atoms with Crippen LogP contribution in [0, 0.1) is 0 Å². The van der Waals surface area contributed by atoms with Crippen molar-refractivity contribution in [1.82, 2.24) is 9.80 Å². The Labute approximate surface area is 202 Å². The van der Waals surface area contributed by atoms with Crippen molar-refractivity contribution in [2.45, 2.75) is 12.0 Å². The molecule has 0 saturated carbocycles. The van der Waals surface area contributed by atoms with Crippen molar-refractivity contribution in [3.8, 4) is 0 Å². The molecule has 0 bridgehead atoms. The molecule has 5 rings (SSSR count). The van der Waals surface area contributed by atoms with Gasteiger partial charge in [-0.1, -0.05) is 121 Å². The minimum atomic E-state index is -0.270. The first-order chi connectivity index (χ1) is 16.8. The second-order valence-electron chi connectivity index (χ2n) is 8.84. The summed E-state index contributed by atoms with van der Waals surface area (Å²) in [6.07, 6.45) is 0. The Morgan fingerprint density at radius 2 is 0.853 bits per heavy atom. The molecule has 170 valence electrons. The second kappa shape index (κ2) is 10.5. The molecule has 0 aromatic heterocycles. The van der Waals surface area contributed by atoms with Crippen LogP contribution in [0.1, 0.15) is 34.2 Å². The molecule has 3 nitrogen and oxygen atoms in total. The van der Waals surface area contributed by atoms with Gasteiger partial charge in [0.1, 0.15) is 0 Å². The smallest absolute Gasteiger partial charge is 0.234 e. The van der Waals surface area contributed by atoms with E-state index in [1.165, 1.54) is 11.1 Å². The Kier molecular flexibility index (Phi) is 6.83. The van der Waals surface area contributed by atoms with E-state index in [9.17, 15) is 4.79 Å². The van der Waals surface area contributed by atoms with E-state index in [2.05, 4.69) is 89.8 Å². The highest BCUT2D eigenvalue weighted by Crippen LogP contribution is 2.31. The molecular weight excluding hydrogens is 416 g/mol. The van der Waals surface area contributed by atoms with E-state index in [4.69, 9.17) is 0 Å². The van der Waals surface area contributed by atoms with Gasteiger partial charge >= 0.3 is 0 Å². The van der Waals surface area contributed by atoms with Gasteiger partial charge in [-0.3, -0.25) is 9.69 Å². The molecule has 1 heterocycles. The minimum absolute atomic E-state index is 0.188. The van der Waals surface area contributed by atoms with E-state index < -0.39 is 0 Å². The predicted octanol–water partition coefficient (Wildman–Crippen LogP) is 5.75. The number of rotatable bonds is 6. The van der Waals surface area contributed by atoms with Crippen molar-refractivity contribution in [2.75, 3.05) is 26.2 Å². The minimum Gasteiger partial charge on any atom is -0.339 e. The van der Waals surface area contributed by atoms with Crippen molar-refractivity contribution in [1.29, 1.82) is 0 Å². The summed E-state index contributed by atoms with van der Waals surface area (Å²) in [6.45, 7) is 3.14. The first-order valence-electron chi connectivity index (χ1n) is 12.0. The fraction of sp³-hybridized carbons (Fsp3) is 0.194. The molecular formula is C31H30N2O. The maximum atomic E-state index is 13.8. The molecule has 0 unspecified atom stereocenters. The lowest BCUT2D eigenvalue weighted by molar-refractivity contribution is -0.133. The van der Waals surface area contributed by atoms with E-state index in [0.29, 0.717) is 0 Å². The molecule has 1 amide bonds. The Morgan fingerprint density at radius 1 is 0.500 bits per heavy atom. The Balaban J connectivity index is 1.37. The van der Waals surface area contributed by atoms with Gasteiger partial charge in [-0.25, -0.2) is 0 Å². The van der Waals surface area contributed by atoms with Crippen LogP contribution in [0.4, 0.5) is 0 Å². The van der Waals surface area contributed by atoms with Crippen molar-refractivity contribution < 1.29 is 4.79 Å². The maximum Gasteiger partial charge on any atom is 0.234 e. The molecule has 0 aliphatic carbocycles. The summed E-state index contributed by atoms with van der Waals surface area (Å²) in [6, 6.07) is 41.9. The van der Waals surface area contributed by atoms with E-state index in [-0.39, 0.29) is 17.9 Å². The van der Waals surface area contributed by atoms with Crippen LogP contribution in [0.25, 0.3) is 0 Å². The summed E-state index contributed by atoms with van der Waals surface area (Å²) < 4.78 is 0. The molecule has 0 atom stereocenters. The highest BCUT2D eigenvalue weighted by molar-refractivity contribution is 5.87. The first kappa shape index (κ1) is 22.1. The zero-order valence-electron chi connectivity index (χ0n) is 19.3. The first-order valence-corrected chi connectivity index (χ1v) is 12.0. The lowest BCUT2D eigenvalue weighted by Crippen LogP contribution is -2.51. The predicted molar refractivity (Wildman–Crippen MR) is 138 cm³/mol. The van der Waals surface area contributed by atoms with E-state index >= 15 is 0 Å². The number of carbonyl (C=O) groups is 1. The van der Waals surface area contributed by atoms with E-state index in [0.717, 1.165) is 37.3 Å². The number of hydrogen-bond acceptors (Lipinski definition) is 2. The van der Waals surface area contributed by atoms with Gasteiger partial charge in [0.2, 0.25) is 5.91 Å². The van der Waals surface area contributed by atoms with Crippen LogP contribution in [0.2, 0.25) is 0 Å². The summed E-state index contributed by atoms with van der Waals surface area (Å²) in [5, 5.41) is 0. The van der Waals surface area contributed by atoms with Crippen LogP contribution in [-0.2, 0) is 4.79 Å². The molecule has 1 aliphatic heterocycles. The maximum absolute atomic E-state index is 13.8. The van der Waals surface area contributed by atoms with E-state index in [1.807, 2.05) is 41.3 Å². The summed E-state index contributed by atoms with van der Waals surface area (Å²) in [4.78, 5) is 18.4. The van der Waals surface area contributed by atoms with Gasteiger partial charge in [-0.05, 0) is 22.3 Å². The van der Waals surface area contributed by atoms with Gasteiger partial charge in [0.15, 0.2) is 0 Å². The number of hydrogen-bond donors (Lipinski definition) is 0. The third-order valence-electron chi connectivity index (χ3n) is 6.73. The highest BCUT2D eigenvalue weighted by atomic mass is 16.2. The monoisotopic (exact) mass is 446 g/mol. The normalized spacial score (nSPS) is 14.5. The molecule has 4 aromatic carbocycles. The van der Waals surface area contributed by atoms with Gasteiger partial charge < -0.3 is 4.90 Å². The van der Waals surface area contributed by atoms with Gasteiger partial charge in [-0.2, -0.15) is 0 Å². The standard InChI is InChI=1S/C31H30N2O/c34-31(29(25-13-5-1-6-14-25)26-15-7-2-8-16-26)33-23-21-32(22-24-33)30(27-17-9-3-10-18-27)28-19-11-4-12-20-28/h1-20,29-30H,21-24H2. The molecule has 1 fully saturated rings. The topological polar surface area (TPSA) is 23.6 Å². The zero-order valence-corrected chi connectivity index (χ0v) is 19.3. The number of benzene rings is 4. The number of carbonyl (C=O) groups excluding carboxylic acids is 1. The average Bonchev–Trinajstić information content (AvgIpc) is 2.92. The number of piperazine rings is 1. The lowest BCUT2D eigenvalue weighted by atomic mass is 9.89. The Bertz CT molecular complexity index is 1090. The summed E-state index contributed by atoms with van der Waals surface area (Å²) in [5.41, 5.74) is 4.68. The number of nitrogens with zero attached hydrogens (tertiary/aromatic N) is 2. The van der Waals surface area contributed by atoms with Crippen molar-refractivity contribution in [2.24, 2.45) is 0 Å². The third kappa shape index (κ3) is 4.80. The largest absolute Gasteiger partial charge is 0.339 e. The molecule has 1 aliphatic rings. The summed E-state index contributed by atoms with van der Waals surface area (Å²) in [5.74, 6) is -0.0824. The highest BCUT2D eigenvalue weighted by Gasteiger charge is 2.32. The molecule has 4 aromatic rings.